The van der Waals surface area contributed by atoms with Gasteiger partial charge in [0.25, 0.3) is 0 Å². The Morgan fingerprint density at radius 1 is 1.00 bits per heavy atom. The third-order valence-electron chi connectivity index (χ3n) is 6.07. The molecular weight excluding hydrogens is 489 g/mol. The van der Waals surface area contributed by atoms with Crippen LogP contribution in [0, 0.1) is 17.5 Å². The molecule has 0 fully saturated rings. The van der Waals surface area contributed by atoms with Gasteiger partial charge in [0.15, 0.2) is 21.5 Å². The topological polar surface area (TPSA) is 91.5 Å². The molecule has 5 aromatic rings. The summed E-state index contributed by atoms with van der Waals surface area (Å²) in [5.74, 6) is -3.28. The van der Waals surface area contributed by atoms with Gasteiger partial charge in [0.1, 0.15) is 22.8 Å². The zero-order valence-corrected chi connectivity index (χ0v) is 20.1. The van der Waals surface area contributed by atoms with Gasteiger partial charge in [-0.2, -0.15) is 5.10 Å². The highest BCUT2D eigenvalue weighted by Crippen LogP contribution is 2.36. The summed E-state index contributed by atoms with van der Waals surface area (Å²) in [6.45, 7) is 3.86. The summed E-state index contributed by atoms with van der Waals surface area (Å²) in [6, 6.07) is 11.1. The normalized spacial score (nSPS) is 12.1. The van der Waals surface area contributed by atoms with E-state index in [1.165, 1.54) is 24.4 Å². The van der Waals surface area contributed by atoms with Crippen molar-refractivity contribution in [3.8, 4) is 22.6 Å². The Kier molecular flexibility index (Phi) is 5.91. The number of rotatable bonds is 6. The second kappa shape index (κ2) is 8.94. The monoisotopic (exact) mass is 510 g/mol. The molecule has 6 nitrogen and oxygen atoms in total. The molecule has 2 N–H and O–H groups in total. The molecule has 0 saturated carbocycles. The summed E-state index contributed by atoms with van der Waals surface area (Å²) in [5.41, 5.74) is -0.165. The fraction of sp³-hybridized carbons (Fsp3) is 0.154. The summed E-state index contributed by atoms with van der Waals surface area (Å²) < 4.78 is 72.0. The number of imidazole rings is 1. The Morgan fingerprint density at radius 2 is 1.81 bits per heavy atom. The Labute approximate surface area is 205 Å². The van der Waals surface area contributed by atoms with E-state index < -0.39 is 38.6 Å². The third-order valence-corrected chi connectivity index (χ3v) is 7.73. The van der Waals surface area contributed by atoms with E-state index in [1.807, 2.05) is 19.9 Å². The predicted molar refractivity (Wildman–Crippen MR) is 130 cm³/mol. The molecule has 184 valence electrons. The Morgan fingerprint density at radius 3 is 2.53 bits per heavy atom. The molecule has 0 spiro atoms. The molecule has 0 atom stereocenters. The van der Waals surface area contributed by atoms with Crippen LogP contribution in [0.5, 0.6) is 0 Å². The fourth-order valence-corrected chi connectivity index (χ4v) is 5.53. The molecular formula is C26H21F3N4O2S. The number of nitrogens with one attached hydrogen (secondary N) is 2. The number of fused-ring (bicyclic) bond motifs is 1. The van der Waals surface area contributed by atoms with Gasteiger partial charge in [-0.05, 0) is 35.7 Å². The van der Waals surface area contributed by atoms with Crippen LogP contribution in [0.25, 0.3) is 33.5 Å². The molecule has 2 aromatic heterocycles. The summed E-state index contributed by atoms with van der Waals surface area (Å²) in [6.07, 6.45) is 3.12. The Hall–Kier alpha value is -3.92. The number of H-pyrrole nitrogens is 2. The van der Waals surface area contributed by atoms with Crippen molar-refractivity contribution in [1.29, 1.82) is 0 Å². The first-order valence-corrected chi connectivity index (χ1v) is 12.8. The molecule has 0 aliphatic carbocycles. The van der Waals surface area contributed by atoms with Crippen LogP contribution in [0.3, 0.4) is 0 Å². The van der Waals surface area contributed by atoms with E-state index >= 15 is 8.78 Å². The minimum Gasteiger partial charge on any atom is -0.343 e. The molecule has 0 bridgehead atoms. The number of hydrogen-bond donors (Lipinski definition) is 2. The summed E-state index contributed by atoms with van der Waals surface area (Å²) in [5, 5.41) is 7.02. The first kappa shape index (κ1) is 23.8. The summed E-state index contributed by atoms with van der Waals surface area (Å²) in [4.78, 5) is 7.03. The maximum Gasteiger partial charge on any atom is 0.182 e. The molecule has 3 aromatic carbocycles. The van der Waals surface area contributed by atoms with Crippen molar-refractivity contribution in [2.24, 2.45) is 0 Å². The lowest BCUT2D eigenvalue weighted by Gasteiger charge is -2.13. The van der Waals surface area contributed by atoms with Crippen LogP contribution in [0.2, 0.25) is 0 Å². The van der Waals surface area contributed by atoms with Crippen molar-refractivity contribution >= 4 is 20.7 Å². The van der Waals surface area contributed by atoms with Crippen molar-refractivity contribution in [2.75, 3.05) is 0 Å². The number of nitrogens with zero attached hydrogens (tertiary/aromatic N) is 2. The van der Waals surface area contributed by atoms with Gasteiger partial charge in [-0.3, -0.25) is 5.10 Å². The zero-order valence-electron chi connectivity index (χ0n) is 19.3. The molecule has 0 saturated heterocycles. The van der Waals surface area contributed by atoms with Gasteiger partial charge < -0.3 is 4.98 Å². The number of aromatic amines is 2. The molecule has 0 unspecified atom stereocenters. The second-order valence-electron chi connectivity index (χ2n) is 8.74. The SMILES string of the molecule is CC(C)c1cccc(S(=O)(=O)Cc2ccc(F)c(-c3ccc4c(-c5ncc[nH]5)[nH]nc4c3F)c2F)c1. The van der Waals surface area contributed by atoms with Crippen molar-refractivity contribution < 1.29 is 21.6 Å². The Bertz CT molecular complexity index is 1690. The van der Waals surface area contributed by atoms with E-state index in [2.05, 4.69) is 20.2 Å². The molecule has 0 radical (unpaired) electrons. The highest BCUT2D eigenvalue weighted by Gasteiger charge is 2.25. The number of hydrogen-bond acceptors (Lipinski definition) is 4. The van der Waals surface area contributed by atoms with E-state index in [0.29, 0.717) is 16.9 Å². The van der Waals surface area contributed by atoms with Crippen LogP contribution in [0.1, 0.15) is 30.9 Å². The van der Waals surface area contributed by atoms with Crippen LogP contribution in [-0.2, 0) is 15.6 Å². The predicted octanol–water partition coefficient (Wildman–Crippen LogP) is 6.13. The summed E-state index contributed by atoms with van der Waals surface area (Å²) >= 11 is 0. The smallest absolute Gasteiger partial charge is 0.182 e. The van der Waals surface area contributed by atoms with Gasteiger partial charge in [-0.1, -0.05) is 38.1 Å². The maximum absolute atomic E-state index is 15.6. The minimum atomic E-state index is -3.95. The average Bonchev–Trinajstić information content (AvgIpc) is 3.52. The van der Waals surface area contributed by atoms with Gasteiger partial charge in [-0.15, -0.1) is 0 Å². The third kappa shape index (κ3) is 4.07. The van der Waals surface area contributed by atoms with E-state index in [9.17, 15) is 12.8 Å². The number of halogens is 3. The highest BCUT2D eigenvalue weighted by molar-refractivity contribution is 7.90. The maximum atomic E-state index is 15.6. The average molecular weight is 511 g/mol. The van der Waals surface area contributed by atoms with Crippen molar-refractivity contribution in [3.63, 3.8) is 0 Å². The minimum absolute atomic E-state index is 0.0357. The van der Waals surface area contributed by atoms with Crippen LogP contribution < -0.4 is 0 Å². The lowest BCUT2D eigenvalue weighted by molar-refractivity contribution is 0.570. The quantitative estimate of drug-likeness (QED) is 0.287. The van der Waals surface area contributed by atoms with Crippen LogP contribution in [0.4, 0.5) is 13.2 Å². The number of aromatic nitrogens is 4. The number of sulfone groups is 1. The van der Waals surface area contributed by atoms with Crippen LogP contribution >= 0.6 is 0 Å². The van der Waals surface area contributed by atoms with Crippen molar-refractivity contribution in [2.45, 2.75) is 30.4 Å². The molecule has 5 rings (SSSR count). The van der Waals surface area contributed by atoms with Crippen molar-refractivity contribution in [3.05, 3.63) is 89.5 Å². The lowest BCUT2D eigenvalue weighted by Crippen LogP contribution is -2.09. The number of benzene rings is 3. The Balaban J connectivity index is 1.57. The van der Waals surface area contributed by atoms with E-state index in [4.69, 9.17) is 0 Å². The van der Waals surface area contributed by atoms with E-state index in [-0.39, 0.29) is 27.5 Å². The second-order valence-corrected chi connectivity index (χ2v) is 10.7. The zero-order chi connectivity index (χ0) is 25.6. The molecule has 2 heterocycles. The molecule has 36 heavy (non-hydrogen) atoms. The van der Waals surface area contributed by atoms with Gasteiger partial charge in [-0.25, -0.2) is 26.6 Å². The van der Waals surface area contributed by atoms with E-state index in [0.717, 1.165) is 17.7 Å². The summed E-state index contributed by atoms with van der Waals surface area (Å²) in [7, 11) is -3.95. The first-order valence-electron chi connectivity index (χ1n) is 11.1. The van der Waals surface area contributed by atoms with Gasteiger partial charge >= 0.3 is 0 Å². The molecule has 10 heteroatoms. The van der Waals surface area contributed by atoms with E-state index in [1.54, 1.807) is 18.3 Å². The molecule has 0 aliphatic rings. The largest absolute Gasteiger partial charge is 0.343 e. The van der Waals surface area contributed by atoms with Crippen molar-refractivity contribution in [1.82, 2.24) is 20.2 Å². The lowest BCUT2D eigenvalue weighted by atomic mass is 9.99. The first-order chi connectivity index (χ1) is 17.2. The fourth-order valence-electron chi connectivity index (χ4n) is 4.13. The van der Waals surface area contributed by atoms with Crippen LogP contribution in [0.15, 0.2) is 65.8 Å². The standard InChI is InChI=1S/C26H21F3N4O2S/c1-14(2)15-4-3-5-17(12-15)36(34,35)13-16-6-9-20(27)21(22(16)28)18-7-8-19-24(23(18)29)32-33-25(19)26-30-10-11-31-26/h3-12,14H,13H2,1-2H3,(H,30,31)(H,32,33). The molecule has 0 aliphatic heterocycles. The van der Waals surface area contributed by atoms with Crippen LogP contribution in [-0.4, -0.2) is 28.6 Å². The van der Waals surface area contributed by atoms with Gasteiger partial charge in [0.2, 0.25) is 0 Å². The highest BCUT2D eigenvalue weighted by atomic mass is 32.2. The molecule has 0 amide bonds. The van der Waals surface area contributed by atoms with Gasteiger partial charge in [0, 0.05) is 28.9 Å². The van der Waals surface area contributed by atoms with Gasteiger partial charge in [0.05, 0.1) is 16.2 Å².